The number of rotatable bonds is 3. The molecule has 2 heterocycles. The Labute approximate surface area is 106 Å². The van der Waals surface area contributed by atoms with Crippen molar-refractivity contribution in [3.05, 3.63) is 0 Å². The third kappa shape index (κ3) is 3.25. The summed E-state index contributed by atoms with van der Waals surface area (Å²) >= 11 is 9.28. The van der Waals surface area contributed by atoms with Gasteiger partial charge in [0, 0.05) is 18.3 Å². The van der Waals surface area contributed by atoms with Gasteiger partial charge < -0.3 is 4.90 Å². The third-order valence-electron chi connectivity index (χ3n) is 2.87. The lowest BCUT2D eigenvalue weighted by Crippen LogP contribution is -2.46. The van der Waals surface area contributed by atoms with Crippen LogP contribution in [0.2, 0.25) is 0 Å². The molecule has 1 unspecified atom stereocenters. The molecule has 0 N–H and O–H groups in total. The maximum atomic E-state index is 5.32. The zero-order chi connectivity index (χ0) is 10.7. The summed E-state index contributed by atoms with van der Waals surface area (Å²) in [7, 11) is 0. The van der Waals surface area contributed by atoms with Crippen LogP contribution in [0.3, 0.4) is 0 Å². The van der Waals surface area contributed by atoms with Crippen LogP contribution >= 0.6 is 35.7 Å². The van der Waals surface area contributed by atoms with Crippen LogP contribution in [-0.2, 0) is 0 Å². The second-order valence-electron chi connectivity index (χ2n) is 4.03. The zero-order valence-corrected chi connectivity index (χ0v) is 11.6. The Kier molecular flexibility index (Phi) is 4.61. The first kappa shape index (κ1) is 12.0. The Balaban J connectivity index is 1.80. The molecule has 0 aliphatic carbocycles. The van der Waals surface area contributed by atoms with E-state index in [4.69, 9.17) is 12.2 Å². The van der Waals surface area contributed by atoms with Gasteiger partial charge in [-0.2, -0.15) is 11.8 Å². The maximum absolute atomic E-state index is 5.32. The Morgan fingerprint density at radius 1 is 1.53 bits per heavy atom. The van der Waals surface area contributed by atoms with Crippen LogP contribution in [-0.4, -0.2) is 50.8 Å². The van der Waals surface area contributed by atoms with E-state index in [-0.39, 0.29) is 0 Å². The molecule has 2 rings (SSSR count). The first-order chi connectivity index (χ1) is 7.29. The molecule has 2 fully saturated rings. The number of hydrogen-bond acceptors (Lipinski definition) is 4. The fraction of sp³-hybridized carbons (Fsp3) is 0.900. The molecular formula is C10H18N2S3. The topological polar surface area (TPSA) is 6.48 Å². The molecule has 15 heavy (non-hydrogen) atoms. The van der Waals surface area contributed by atoms with E-state index >= 15 is 0 Å². The van der Waals surface area contributed by atoms with E-state index in [0.717, 1.165) is 28.7 Å². The van der Waals surface area contributed by atoms with Gasteiger partial charge in [0.25, 0.3) is 0 Å². The van der Waals surface area contributed by atoms with Crippen molar-refractivity contribution in [2.75, 3.05) is 31.4 Å². The zero-order valence-electron chi connectivity index (χ0n) is 9.15. The van der Waals surface area contributed by atoms with Gasteiger partial charge in [0.2, 0.25) is 0 Å². The first-order valence-electron chi connectivity index (χ1n) is 5.55. The van der Waals surface area contributed by atoms with Gasteiger partial charge in [-0.1, -0.05) is 24.0 Å². The summed E-state index contributed by atoms with van der Waals surface area (Å²) in [5, 5.41) is 0.871. The Hall–Kier alpha value is 0.550. The van der Waals surface area contributed by atoms with Gasteiger partial charge in [0.15, 0.2) is 0 Å². The summed E-state index contributed by atoms with van der Waals surface area (Å²) in [6.45, 7) is 5.51. The summed E-state index contributed by atoms with van der Waals surface area (Å²) in [5.41, 5.74) is 0. The molecule has 0 bridgehead atoms. The molecule has 2 nitrogen and oxygen atoms in total. The van der Waals surface area contributed by atoms with Crippen LogP contribution < -0.4 is 0 Å². The highest BCUT2D eigenvalue weighted by Gasteiger charge is 2.24. The summed E-state index contributed by atoms with van der Waals surface area (Å²) in [6, 6.07) is 0. The van der Waals surface area contributed by atoms with Crippen molar-refractivity contribution < 1.29 is 0 Å². The van der Waals surface area contributed by atoms with Crippen molar-refractivity contribution in [3.63, 3.8) is 0 Å². The summed E-state index contributed by atoms with van der Waals surface area (Å²) < 4.78 is 1.08. The van der Waals surface area contributed by atoms with E-state index in [1.165, 1.54) is 25.1 Å². The van der Waals surface area contributed by atoms with Crippen molar-refractivity contribution in [1.29, 1.82) is 0 Å². The second kappa shape index (κ2) is 5.75. The molecule has 0 spiro atoms. The number of hydrogen-bond donors (Lipinski definition) is 0. The van der Waals surface area contributed by atoms with Gasteiger partial charge in [-0.3, -0.25) is 4.90 Å². The summed E-state index contributed by atoms with van der Waals surface area (Å²) in [6.07, 6.45) is 2.81. The fourth-order valence-corrected chi connectivity index (χ4v) is 4.50. The Morgan fingerprint density at radius 2 is 2.40 bits per heavy atom. The van der Waals surface area contributed by atoms with Crippen LogP contribution in [0.25, 0.3) is 0 Å². The SMILES string of the molecule is CCN1CN(CC2CCCS2)CSC1=S. The van der Waals surface area contributed by atoms with E-state index in [1.807, 2.05) is 11.8 Å². The van der Waals surface area contributed by atoms with Crippen LogP contribution in [0.15, 0.2) is 0 Å². The smallest absolute Gasteiger partial charge is 0.138 e. The predicted octanol–water partition coefficient (Wildman–Crippen LogP) is 2.45. The molecule has 0 aromatic carbocycles. The fourth-order valence-electron chi connectivity index (χ4n) is 1.99. The molecule has 2 aliphatic heterocycles. The molecule has 0 amide bonds. The number of thiocarbonyl (C=S) groups is 1. The quantitative estimate of drug-likeness (QED) is 0.719. The van der Waals surface area contributed by atoms with Crippen molar-refractivity contribution in [1.82, 2.24) is 9.80 Å². The minimum Gasteiger partial charge on any atom is -0.345 e. The third-order valence-corrected chi connectivity index (χ3v) is 5.86. The van der Waals surface area contributed by atoms with E-state index < -0.39 is 0 Å². The van der Waals surface area contributed by atoms with E-state index in [0.29, 0.717) is 0 Å². The molecule has 0 aromatic heterocycles. The standard InChI is InChI=1S/C10H18N2S3/c1-2-12-7-11(8-15-10(12)13)6-9-4-3-5-14-9/h9H,2-8H2,1H3. The molecular weight excluding hydrogens is 244 g/mol. The predicted molar refractivity (Wildman–Crippen MR) is 74.5 cm³/mol. The molecule has 0 radical (unpaired) electrons. The summed E-state index contributed by atoms with van der Waals surface area (Å²) in [4.78, 5) is 4.83. The van der Waals surface area contributed by atoms with Crippen LogP contribution in [0, 0.1) is 0 Å². The van der Waals surface area contributed by atoms with Crippen LogP contribution in [0.5, 0.6) is 0 Å². The lowest BCUT2D eigenvalue weighted by atomic mass is 10.2. The van der Waals surface area contributed by atoms with Gasteiger partial charge in [-0.15, -0.1) is 0 Å². The van der Waals surface area contributed by atoms with Crippen LogP contribution in [0.4, 0.5) is 0 Å². The lowest BCUT2D eigenvalue weighted by molar-refractivity contribution is 0.217. The highest BCUT2D eigenvalue weighted by molar-refractivity contribution is 8.22. The normalized spacial score (nSPS) is 28.7. The molecule has 2 aliphatic rings. The van der Waals surface area contributed by atoms with E-state index in [1.54, 1.807) is 0 Å². The molecule has 0 aromatic rings. The molecule has 2 saturated heterocycles. The number of nitrogens with zero attached hydrogens (tertiary/aromatic N) is 2. The molecule has 5 heteroatoms. The van der Waals surface area contributed by atoms with E-state index in [9.17, 15) is 0 Å². The van der Waals surface area contributed by atoms with E-state index in [2.05, 4.69) is 28.5 Å². The average Bonchev–Trinajstić information content (AvgIpc) is 2.73. The first-order valence-corrected chi connectivity index (χ1v) is 7.99. The molecule has 1 atom stereocenters. The van der Waals surface area contributed by atoms with Crippen molar-refractivity contribution in [2.24, 2.45) is 0 Å². The van der Waals surface area contributed by atoms with Crippen molar-refractivity contribution in [2.45, 2.75) is 25.0 Å². The van der Waals surface area contributed by atoms with Crippen molar-refractivity contribution >= 4 is 40.1 Å². The Morgan fingerprint density at radius 3 is 3.07 bits per heavy atom. The Bertz CT molecular complexity index is 229. The van der Waals surface area contributed by atoms with Gasteiger partial charge in [-0.25, -0.2) is 0 Å². The highest BCUT2D eigenvalue weighted by Crippen LogP contribution is 2.28. The molecule has 0 saturated carbocycles. The highest BCUT2D eigenvalue weighted by atomic mass is 32.2. The monoisotopic (exact) mass is 262 g/mol. The van der Waals surface area contributed by atoms with Gasteiger partial charge in [0.1, 0.15) is 4.32 Å². The van der Waals surface area contributed by atoms with Gasteiger partial charge in [0.05, 0.1) is 12.5 Å². The minimum atomic E-state index is 0.871. The average molecular weight is 262 g/mol. The molecule has 86 valence electrons. The summed E-state index contributed by atoms with van der Waals surface area (Å²) in [5.74, 6) is 2.45. The van der Waals surface area contributed by atoms with Crippen LogP contribution in [0.1, 0.15) is 19.8 Å². The van der Waals surface area contributed by atoms with Crippen molar-refractivity contribution in [3.8, 4) is 0 Å². The minimum absolute atomic E-state index is 0.871. The lowest BCUT2D eigenvalue weighted by Gasteiger charge is -2.37. The maximum Gasteiger partial charge on any atom is 0.138 e. The second-order valence-corrected chi connectivity index (χ2v) is 7.01. The van der Waals surface area contributed by atoms with Gasteiger partial charge >= 0.3 is 0 Å². The number of thioether (sulfide) groups is 2. The van der Waals surface area contributed by atoms with Gasteiger partial charge in [-0.05, 0) is 25.5 Å². The largest absolute Gasteiger partial charge is 0.345 e.